The SMILES string of the molecule is CC1CCc2c(F)cccc2C1NC(=O)c1cn(C2CCNCC2)nn1. The van der Waals surface area contributed by atoms with Crippen LogP contribution in [-0.2, 0) is 6.42 Å². The fraction of sp³-hybridized carbons (Fsp3) is 0.526. The number of aromatic nitrogens is 3. The van der Waals surface area contributed by atoms with Crippen molar-refractivity contribution < 1.29 is 9.18 Å². The van der Waals surface area contributed by atoms with Gasteiger partial charge in [-0.2, -0.15) is 0 Å². The van der Waals surface area contributed by atoms with Gasteiger partial charge < -0.3 is 10.6 Å². The number of nitrogens with one attached hydrogen (secondary N) is 2. The highest BCUT2D eigenvalue weighted by atomic mass is 19.1. The van der Waals surface area contributed by atoms with Crippen LogP contribution < -0.4 is 10.6 Å². The smallest absolute Gasteiger partial charge is 0.273 e. The molecule has 1 fully saturated rings. The predicted octanol–water partition coefficient (Wildman–Crippen LogP) is 2.40. The first-order chi connectivity index (χ1) is 12.6. The lowest BCUT2D eigenvalue weighted by Gasteiger charge is -2.32. The zero-order valence-electron chi connectivity index (χ0n) is 14.9. The van der Waals surface area contributed by atoms with Crippen LogP contribution in [0.2, 0.25) is 0 Å². The van der Waals surface area contributed by atoms with Crippen LogP contribution in [0.3, 0.4) is 0 Å². The summed E-state index contributed by atoms with van der Waals surface area (Å²) in [7, 11) is 0. The maximum atomic E-state index is 14.1. The lowest BCUT2D eigenvalue weighted by molar-refractivity contribution is 0.0913. The van der Waals surface area contributed by atoms with Crippen molar-refractivity contribution in [2.45, 2.75) is 44.7 Å². The number of rotatable bonds is 3. The van der Waals surface area contributed by atoms with E-state index >= 15 is 0 Å². The molecule has 2 unspecified atom stereocenters. The molecule has 2 aliphatic rings. The number of carbonyl (C=O) groups excluding carboxylic acids is 1. The van der Waals surface area contributed by atoms with Gasteiger partial charge in [-0.05, 0) is 61.9 Å². The highest BCUT2D eigenvalue weighted by Crippen LogP contribution is 2.35. The summed E-state index contributed by atoms with van der Waals surface area (Å²) < 4.78 is 15.9. The summed E-state index contributed by atoms with van der Waals surface area (Å²) in [6, 6.07) is 5.18. The van der Waals surface area contributed by atoms with E-state index in [-0.39, 0.29) is 29.7 Å². The van der Waals surface area contributed by atoms with Crippen molar-refractivity contribution >= 4 is 5.91 Å². The van der Waals surface area contributed by atoms with Crippen molar-refractivity contribution in [3.8, 4) is 0 Å². The lowest BCUT2D eigenvalue weighted by Crippen LogP contribution is -2.36. The van der Waals surface area contributed by atoms with E-state index in [1.807, 2.05) is 6.07 Å². The molecule has 0 bridgehead atoms. The number of hydrogen-bond donors (Lipinski definition) is 2. The molecule has 0 radical (unpaired) electrons. The molecule has 138 valence electrons. The van der Waals surface area contributed by atoms with Crippen LogP contribution in [0.25, 0.3) is 0 Å². The van der Waals surface area contributed by atoms with Gasteiger partial charge in [-0.25, -0.2) is 9.07 Å². The Bertz CT molecular complexity index is 799. The van der Waals surface area contributed by atoms with E-state index in [9.17, 15) is 9.18 Å². The molecule has 1 saturated heterocycles. The van der Waals surface area contributed by atoms with Crippen LogP contribution in [0.1, 0.15) is 59.9 Å². The molecule has 7 heteroatoms. The van der Waals surface area contributed by atoms with Gasteiger partial charge in [0.05, 0.1) is 18.3 Å². The van der Waals surface area contributed by atoms with Crippen LogP contribution in [0.15, 0.2) is 24.4 Å². The number of amides is 1. The number of fused-ring (bicyclic) bond motifs is 1. The van der Waals surface area contributed by atoms with Crippen LogP contribution in [0.4, 0.5) is 4.39 Å². The van der Waals surface area contributed by atoms with Crippen LogP contribution in [-0.4, -0.2) is 34.0 Å². The summed E-state index contributed by atoms with van der Waals surface area (Å²) in [6.07, 6.45) is 5.25. The molecule has 0 spiro atoms. The molecular weight excluding hydrogens is 333 g/mol. The van der Waals surface area contributed by atoms with E-state index in [0.29, 0.717) is 17.7 Å². The van der Waals surface area contributed by atoms with Crippen LogP contribution in [0.5, 0.6) is 0 Å². The van der Waals surface area contributed by atoms with E-state index in [4.69, 9.17) is 0 Å². The normalized spacial score (nSPS) is 23.5. The van der Waals surface area contributed by atoms with E-state index in [1.165, 1.54) is 6.07 Å². The third-order valence-corrected chi connectivity index (χ3v) is 5.62. The number of benzene rings is 1. The number of nitrogens with zero attached hydrogens (tertiary/aromatic N) is 3. The molecule has 1 amide bonds. The Morgan fingerprint density at radius 3 is 2.92 bits per heavy atom. The van der Waals surface area contributed by atoms with Gasteiger partial charge in [-0.15, -0.1) is 5.10 Å². The number of carbonyl (C=O) groups is 1. The van der Waals surface area contributed by atoms with Gasteiger partial charge >= 0.3 is 0 Å². The highest BCUT2D eigenvalue weighted by Gasteiger charge is 2.30. The maximum Gasteiger partial charge on any atom is 0.273 e. The molecule has 4 rings (SSSR count). The zero-order chi connectivity index (χ0) is 18.1. The second-order valence-corrected chi connectivity index (χ2v) is 7.34. The van der Waals surface area contributed by atoms with Gasteiger partial charge in [0, 0.05) is 0 Å². The molecule has 26 heavy (non-hydrogen) atoms. The van der Waals surface area contributed by atoms with Crippen molar-refractivity contribution in [2.24, 2.45) is 5.92 Å². The summed E-state index contributed by atoms with van der Waals surface area (Å²) in [6.45, 7) is 3.99. The van der Waals surface area contributed by atoms with Crippen molar-refractivity contribution in [2.75, 3.05) is 13.1 Å². The molecule has 1 aromatic heterocycles. The molecule has 2 heterocycles. The highest BCUT2D eigenvalue weighted by molar-refractivity contribution is 5.92. The zero-order valence-corrected chi connectivity index (χ0v) is 14.9. The quantitative estimate of drug-likeness (QED) is 0.885. The topological polar surface area (TPSA) is 71.8 Å². The van der Waals surface area contributed by atoms with Gasteiger partial charge in [0.1, 0.15) is 5.82 Å². The lowest BCUT2D eigenvalue weighted by atomic mass is 9.80. The second kappa shape index (κ2) is 7.15. The fourth-order valence-electron chi connectivity index (χ4n) is 4.04. The Labute approximate surface area is 152 Å². The average molecular weight is 357 g/mol. The Kier molecular flexibility index (Phi) is 4.72. The van der Waals surface area contributed by atoms with Crippen molar-refractivity contribution in [1.82, 2.24) is 25.6 Å². The minimum Gasteiger partial charge on any atom is -0.344 e. The van der Waals surface area contributed by atoms with E-state index in [0.717, 1.165) is 37.9 Å². The van der Waals surface area contributed by atoms with Crippen molar-refractivity contribution in [3.63, 3.8) is 0 Å². The van der Waals surface area contributed by atoms with Crippen LogP contribution >= 0.6 is 0 Å². The molecule has 2 atom stereocenters. The summed E-state index contributed by atoms with van der Waals surface area (Å²) in [5.74, 6) is -0.197. The Hall–Kier alpha value is -2.28. The van der Waals surface area contributed by atoms with E-state index in [2.05, 4.69) is 27.9 Å². The molecule has 2 aromatic rings. The predicted molar refractivity (Wildman–Crippen MR) is 95.3 cm³/mol. The molecular formula is C19H24FN5O. The minimum atomic E-state index is -0.251. The first-order valence-electron chi connectivity index (χ1n) is 9.34. The number of hydrogen-bond acceptors (Lipinski definition) is 4. The van der Waals surface area contributed by atoms with Crippen molar-refractivity contribution in [3.05, 3.63) is 47.0 Å². The number of piperidine rings is 1. The van der Waals surface area contributed by atoms with E-state index < -0.39 is 0 Å². The minimum absolute atomic E-state index is 0.189. The van der Waals surface area contributed by atoms with Gasteiger partial charge in [0.15, 0.2) is 5.69 Å². The van der Waals surface area contributed by atoms with Gasteiger partial charge in [0.2, 0.25) is 0 Å². The third kappa shape index (κ3) is 3.23. The largest absolute Gasteiger partial charge is 0.344 e. The maximum absolute atomic E-state index is 14.1. The summed E-state index contributed by atoms with van der Waals surface area (Å²) in [5, 5.41) is 14.6. The fourth-order valence-corrected chi connectivity index (χ4v) is 4.04. The Morgan fingerprint density at radius 1 is 1.31 bits per heavy atom. The molecule has 0 saturated carbocycles. The summed E-state index contributed by atoms with van der Waals surface area (Å²) in [5.41, 5.74) is 1.91. The summed E-state index contributed by atoms with van der Waals surface area (Å²) >= 11 is 0. The average Bonchev–Trinajstić information content (AvgIpc) is 3.15. The first-order valence-corrected chi connectivity index (χ1v) is 9.34. The van der Waals surface area contributed by atoms with Crippen LogP contribution in [0, 0.1) is 11.7 Å². The standard InChI is InChI=1S/C19H24FN5O/c1-12-5-6-14-15(3-2-4-16(14)20)18(12)22-19(26)17-11-25(24-23-17)13-7-9-21-10-8-13/h2-4,11-13,18,21H,5-10H2,1H3,(H,22,26). The first kappa shape index (κ1) is 17.1. The van der Waals surface area contributed by atoms with Crippen molar-refractivity contribution in [1.29, 1.82) is 0 Å². The molecule has 1 aromatic carbocycles. The van der Waals surface area contributed by atoms with Gasteiger partial charge in [0.25, 0.3) is 5.91 Å². The summed E-state index contributed by atoms with van der Waals surface area (Å²) in [4.78, 5) is 12.7. The third-order valence-electron chi connectivity index (χ3n) is 5.62. The number of halogens is 1. The second-order valence-electron chi connectivity index (χ2n) is 7.34. The Balaban J connectivity index is 1.52. The van der Waals surface area contributed by atoms with E-state index in [1.54, 1.807) is 16.9 Å². The monoisotopic (exact) mass is 357 g/mol. The molecule has 1 aliphatic heterocycles. The van der Waals surface area contributed by atoms with Gasteiger partial charge in [-0.1, -0.05) is 24.3 Å². The molecule has 1 aliphatic carbocycles. The Morgan fingerprint density at radius 2 is 2.12 bits per heavy atom. The molecule has 6 nitrogen and oxygen atoms in total. The molecule has 2 N–H and O–H groups in total. The van der Waals surface area contributed by atoms with Gasteiger partial charge in [-0.3, -0.25) is 4.79 Å².